The van der Waals surface area contributed by atoms with Crippen molar-refractivity contribution in [2.75, 3.05) is 6.54 Å². The second-order valence-corrected chi connectivity index (χ2v) is 4.09. The van der Waals surface area contributed by atoms with E-state index < -0.39 is 0 Å². The Kier molecular flexibility index (Phi) is 1.62. The van der Waals surface area contributed by atoms with Crippen LogP contribution in [-0.4, -0.2) is 17.5 Å². The largest absolute Gasteiger partial charge is 0.290 e. The number of benzene rings is 1. The second kappa shape index (κ2) is 2.83. The van der Waals surface area contributed by atoms with Gasteiger partial charge in [-0.15, -0.1) is 0 Å². The van der Waals surface area contributed by atoms with Crippen molar-refractivity contribution in [3.63, 3.8) is 0 Å². The molecule has 3 rings (SSSR count). The Labute approximate surface area is 83.8 Å². The van der Waals surface area contributed by atoms with Crippen molar-refractivity contribution in [3.05, 3.63) is 35.4 Å². The minimum Gasteiger partial charge on any atom is -0.290 e. The van der Waals surface area contributed by atoms with Gasteiger partial charge in [0.15, 0.2) is 0 Å². The van der Waals surface area contributed by atoms with E-state index in [4.69, 9.17) is 5.26 Å². The van der Waals surface area contributed by atoms with E-state index in [0.29, 0.717) is 6.04 Å². The van der Waals surface area contributed by atoms with E-state index in [1.807, 2.05) is 18.2 Å². The third-order valence-electron chi connectivity index (χ3n) is 3.37. The highest BCUT2D eigenvalue weighted by Crippen LogP contribution is 2.50. The number of fused-ring (bicyclic) bond motifs is 1. The van der Waals surface area contributed by atoms with E-state index in [-0.39, 0.29) is 0 Å². The number of rotatable bonds is 1. The van der Waals surface area contributed by atoms with Crippen molar-refractivity contribution >= 4 is 0 Å². The van der Waals surface area contributed by atoms with Crippen LogP contribution < -0.4 is 0 Å². The van der Waals surface area contributed by atoms with Gasteiger partial charge in [0.05, 0.1) is 17.7 Å². The van der Waals surface area contributed by atoms with Crippen molar-refractivity contribution in [1.82, 2.24) is 4.90 Å². The summed E-state index contributed by atoms with van der Waals surface area (Å²) < 4.78 is 0. The summed E-state index contributed by atoms with van der Waals surface area (Å²) in [6, 6.07) is 11.6. The third kappa shape index (κ3) is 0.995. The molecule has 2 fully saturated rings. The van der Waals surface area contributed by atoms with Crippen LogP contribution in [0.15, 0.2) is 24.3 Å². The van der Waals surface area contributed by atoms with Gasteiger partial charge in [-0.1, -0.05) is 18.2 Å². The fourth-order valence-electron chi connectivity index (χ4n) is 2.69. The van der Waals surface area contributed by atoms with E-state index in [1.54, 1.807) is 0 Å². The fraction of sp³-hybridized carbons (Fsp3) is 0.417. The normalized spacial score (nSPS) is 33.5. The summed E-state index contributed by atoms with van der Waals surface area (Å²) >= 11 is 0. The molecule has 2 nitrogen and oxygen atoms in total. The molecule has 3 unspecified atom stereocenters. The predicted octanol–water partition coefficient (Wildman–Crippen LogP) is 2.08. The maximum atomic E-state index is 8.99. The Balaban J connectivity index is 1.95. The van der Waals surface area contributed by atoms with Gasteiger partial charge in [0.1, 0.15) is 0 Å². The summed E-state index contributed by atoms with van der Waals surface area (Å²) in [6.07, 6.45) is 2.64. The fourth-order valence-corrected chi connectivity index (χ4v) is 2.69. The zero-order chi connectivity index (χ0) is 9.54. The molecule has 0 amide bonds. The van der Waals surface area contributed by atoms with Crippen LogP contribution in [0.3, 0.4) is 0 Å². The van der Waals surface area contributed by atoms with Gasteiger partial charge in [-0.05, 0) is 31.0 Å². The predicted molar refractivity (Wildman–Crippen MR) is 53.6 cm³/mol. The molecule has 0 saturated carbocycles. The van der Waals surface area contributed by atoms with Crippen LogP contribution in [0.2, 0.25) is 0 Å². The zero-order valence-corrected chi connectivity index (χ0v) is 7.98. The van der Waals surface area contributed by atoms with Gasteiger partial charge in [0.25, 0.3) is 0 Å². The molecule has 3 atom stereocenters. The first-order chi connectivity index (χ1) is 6.92. The lowest BCUT2D eigenvalue weighted by molar-refractivity contribution is 0.540. The highest BCUT2D eigenvalue weighted by Gasteiger charge is 2.51. The van der Waals surface area contributed by atoms with Crippen LogP contribution in [0.4, 0.5) is 0 Å². The average Bonchev–Trinajstić information content (AvgIpc) is 2.70. The van der Waals surface area contributed by atoms with Gasteiger partial charge < -0.3 is 0 Å². The molecule has 0 spiro atoms. The summed E-state index contributed by atoms with van der Waals surface area (Å²) in [4.78, 5) is 2.50. The van der Waals surface area contributed by atoms with Gasteiger partial charge in [-0.3, -0.25) is 4.90 Å². The first-order valence-corrected chi connectivity index (χ1v) is 5.16. The maximum absolute atomic E-state index is 8.99. The van der Waals surface area contributed by atoms with E-state index in [1.165, 1.54) is 24.9 Å². The summed E-state index contributed by atoms with van der Waals surface area (Å²) in [5, 5.41) is 8.99. The van der Waals surface area contributed by atoms with Crippen molar-refractivity contribution in [1.29, 1.82) is 5.26 Å². The van der Waals surface area contributed by atoms with Crippen LogP contribution in [0.5, 0.6) is 0 Å². The SMILES string of the molecule is N#Cc1ccccc1C1C2CCCN21. The van der Waals surface area contributed by atoms with Gasteiger partial charge in [0, 0.05) is 6.04 Å². The molecule has 14 heavy (non-hydrogen) atoms. The van der Waals surface area contributed by atoms with Gasteiger partial charge in [0.2, 0.25) is 0 Å². The number of nitrogens with zero attached hydrogens (tertiary/aromatic N) is 2. The number of hydrogen-bond donors (Lipinski definition) is 0. The molecular formula is C12H12N2. The first-order valence-electron chi connectivity index (χ1n) is 5.16. The smallest absolute Gasteiger partial charge is 0.0995 e. The molecule has 1 aromatic carbocycles. The average molecular weight is 184 g/mol. The molecule has 0 N–H and O–H groups in total. The summed E-state index contributed by atoms with van der Waals surface area (Å²) in [5.41, 5.74) is 2.09. The topological polar surface area (TPSA) is 26.8 Å². The summed E-state index contributed by atoms with van der Waals surface area (Å²) in [5.74, 6) is 0. The monoisotopic (exact) mass is 184 g/mol. The number of hydrogen-bond acceptors (Lipinski definition) is 2. The van der Waals surface area contributed by atoms with Crippen LogP contribution in [-0.2, 0) is 0 Å². The molecule has 2 heterocycles. The van der Waals surface area contributed by atoms with Crippen LogP contribution in [0.1, 0.15) is 30.0 Å². The second-order valence-electron chi connectivity index (χ2n) is 4.09. The minimum atomic E-state index is 0.555. The Morgan fingerprint density at radius 2 is 2.21 bits per heavy atom. The number of piperidine rings is 1. The Morgan fingerprint density at radius 1 is 1.36 bits per heavy atom. The van der Waals surface area contributed by atoms with E-state index in [9.17, 15) is 0 Å². The molecule has 2 saturated heterocycles. The van der Waals surface area contributed by atoms with Gasteiger partial charge in [-0.2, -0.15) is 5.26 Å². The van der Waals surface area contributed by atoms with Crippen LogP contribution >= 0.6 is 0 Å². The van der Waals surface area contributed by atoms with Crippen molar-refractivity contribution in [2.24, 2.45) is 0 Å². The third-order valence-corrected chi connectivity index (χ3v) is 3.37. The highest BCUT2D eigenvalue weighted by atomic mass is 15.4. The van der Waals surface area contributed by atoms with Crippen molar-refractivity contribution < 1.29 is 0 Å². The Hall–Kier alpha value is -1.33. The molecule has 1 aromatic rings. The summed E-state index contributed by atoms with van der Waals surface area (Å²) in [6.45, 7) is 1.22. The lowest BCUT2D eigenvalue weighted by Crippen LogP contribution is -1.98. The van der Waals surface area contributed by atoms with Crippen LogP contribution in [0, 0.1) is 11.3 Å². The van der Waals surface area contributed by atoms with E-state index in [0.717, 1.165) is 11.6 Å². The van der Waals surface area contributed by atoms with Crippen molar-refractivity contribution in [2.45, 2.75) is 24.9 Å². The summed E-state index contributed by atoms with van der Waals surface area (Å²) in [7, 11) is 0. The molecule has 2 aliphatic rings. The maximum Gasteiger partial charge on any atom is 0.0995 e. The molecule has 2 heteroatoms. The number of nitriles is 1. The minimum absolute atomic E-state index is 0.555. The van der Waals surface area contributed by atoms with E-state index >= 15 is 0 Å². The van der Waals surface area contributed by atoms with Gasteiger partial charge in [-0.25, -0.2) is 0 Å². The molecule has 0 aromatic heterocycles. The standard InChI is InChI=1S/C12H12N2/c13-8-9-4-1-2-5-10(9)12-11-6-3-7-14(11)12/h1-2,4-5,11-12H,3,6-7H2. The molecule has 0 radical (unpaired) electrons. The molecular weight excluding hydrogens is 172 g/mol. The van der Waals surface area contributed by atoms with Crippen LogP contribution in [0.25, 0.3) is 0 Å². The quantitative estimate of drug-likeness (QED) is 0.625. The molecule has 70 valence electrons. The lowest BCUT2D eigenvalue weighted by atomic mass is 10.0. The zero-order valence-electron chi connectivity index (χ0n) is 7.98. The Bertz CT molecular complexity index is 395. The molecule has 2 aliphatic heterocycles. The lowest BCUT2D eigenvalue weighted by Gasteiger charge is -2.04. The van der Waals surface area contributed by atoms with Gasteiger partial charge >= 0.3 is 0 Å². The van der Waals surface area contributed by atoms with E-state index in [2.05, 4.69) is 17.0 Å². The van der Waals surface area contributed by atoms with Crippen molar-refractivity contribution in [3.8, 4) is 6.07 Å². The highest BCUT2D eigenvalue weighted by molar-refractivity contribution is 5.43. The molecule has 0 aliphatic carbocycles. The first kappa shape index (κ1) is 8.02. The Morgan fingerprint density at radius 3 is 2.93 bits per heavy atom. The molecule has 0 bridgehead atoms.